The van der Waals surface area contributed by atoms with Gasteiger partial charge in [0.15, 0.2) is 0 Å². The summed E-state index contributed by atoms with van der Waals surface area (Å²) in [5.74, 6) is -0.818. The zero-order valence-electron chi connectivity index (χ0n) is 19.0. The third-order valence-corrected chi connectivity index (χ3v) is 5.84. The van der Waals surface area contributed by atoms with E-state index in [-0.39, 0.29) is 16.6 Å². The van der Waals surface area contributed by atoms with Crippen LogP contribution in [0.25, 0.3) is 0 Å². The lowest BCUT2D eigenvalue weighted by molar-refractivity contribution is -0.118. The van der Waals surface area contributed by atoms with E-state index in [4.69, 9.17) is 11.6 Å². The smallest absolute Gasteiger partial charge is 0.257 e. The van der Waals surface area contributed by atoms with Crippen LogP contribution in [-0.4, -0.2) is 21.6 Å². The third-order valence-electron chi connectivity index (χ3n) is 5.46. The molecular formula is C27H25ClN4O2. The van der Waals surface area contributed by atoms with Crippen LogP contribution in [0, 0.1) is 13.8 Å². The minimum absolute atomic E-state index is 0.228. The molecule has 2 N–H and O–H groups in total. The fourth-order valence-electron chi connectivity index (χ4n) is 3.67. The number of carbonyl (C=O) groups excluding carboxylic acids is 2. The first kappa shape index (κ1) is 23.3. The van der Waals surface area contributed by atoms with Crippen molar-refractivity contribution in [2.24, 2.45) is 0 Å². The molecule has 0 saturated carbocycles. The highest BCUT2D eigenvalue weighted by atomic mass is 35.5. The van der Waals surface area contributed by atoms with Crippen LogP contribution in [0.2, 0.25) is 5.15 Å². The number of hydrogen-bond donors (Lipinski definition) is 2. The number of aryl methyl sites for hydroxylation is 2. The van der Waals surface area contributed by atoms with Gasteiger partial charge in [-0.05, 0) is 37.1 Å². The van der Waals surface area contributed by atoms with Gasteiger partial charge in [0.1, 0.15) is 11.2 Å². The Hall–Kier alpha value is -3.90. The van der Waals surface area contributed by atoms with Gasteiger partial charge in [0.05, 0.1) is 17.8 Å². The highest BCUT2D eigenvalue weighted by Gasteiger charge is 2.27. The van der Waals surface area contributed by atoms with Crippen LogP contribution in [0.15, 0.2) is 84.9 Å². The molecule has 172 valence electrons. The fraction of sp³-hybridized carbons (Fsp3) is 0.148. The van der Waals surface area contributed by atoms with E-state index in [0.29, 0.717) is 23.5 Å². The Morgan fingerprint density at radius 3 is 2.18 bits per heavy atom. The number of nitrogens with one attached hydrogen (secondary N) is 2. The molecule has 3 aromatic carbocycles. The van der Waals surface area contributed by atoms with Crippen molar-refractivity contribution >= 4 is 29.1 Å². The van der Waals surface area contributed by atoms with Crippen molar-refractivity contribution in [1.82, 2.24) is 15.1 Å². The molecule has 34 heavy (non-hydrogen) atoms. The van der Waals surface area contributed by atoms with Crippen LogP contribution >= 0.6 is 11.6 Å². The molecule has 4 rings (SSSR count). The van der Waals surface area contributed by atoms with Crippen molar-refractivity contribution in [3.8, 4) is 0 Å². The van der Waals surface area contributed by atoms with Gasteiger partial charge in [-0.25, -0.2) is 4.68 Å². The molecule has 4 aromatic rings. The van der Waals surface area contributed by atoms with Gasteiger partial charge in [-0.1, -0.05) is 90.0 Å². The van der Waals surface area contributed by atoms with Crippen molar-refractivity contribution in [2.45, 2.75) is 26.4 Å². The molecule has 0 bridgehead atoms. The van der Waals surface area contributed by atoms with Crippen LogP contribution < -0.4 is 10.6 Å². The van der Waals surface area contributed by atoms with Crippen molar-refractivity contribution in [3.05, 3.63) is 118 Å². The lowest BCUT2D eigenvalue weighted by Crippen LogP contribution is -2.37. The largest absolute Gasteiger partial charge is 0.336 e. The van der Waals surface area contributed by atoms with E-state index in [1.165, 1.54) is 0 Å². The summed E-state index contributed by atoms with van der Waals surface area (Å²) in [5.41, 5.74) is 4.22. The molecule has 0 aliphatic carbocycles. The number of halogens is 1. The molecule has 1 heterocycles. The van der Waals surface area contributed by atoms with E-state index in [0.717, 1.165) is 11.1 Å². The summed E-state index contributed by atoms with van der Waals surface area (Å²) >= 11 is 6.58. The second-order valence-electron chi connectivity index (χ2n) is 8.07. The molecule has 1 atom stereocenters. The Morgan fingerprint density at radius 1 is 0.912 bits per heavy atom. The lowest BCUT2D eigenvalue weighted by Gasteiger charge is -2.19. The predicted molar refractivity (Wildman–Crippen MR) is 134 cm³/mol. The van der Waals surface area contributed by atoms with E-state index >= 15 is 0 Å². The van der Waals surface area contributed by atoms with Gasteiger partial charge in [-0.2, -0.15) is 5.10 Å². The van der Waals surface area contributed by atoms with Crippen molar-refractivity contribution < 1.29 is 9.59 Å². The van der Waals surface area contributed by atoms with E-state index in [9.17, 15) is 9.59 Å². The summed E-state index contributed by atoms with van der Waals surface area (Å²) in [6, 6.07) is 25.3. The average molecular weight is 473 g/mol. The summed E-state index contributed by atoms with van der Waals surface area (Å²) in [5, 5.41) is 10.4. The number of aromatic nitrogens is 2. The number of rotatable bonds is 7. The second kappa shape index (κ2) is 10.4. The average Bonchev–Trinajstić information content (AvgIpc) is 3.12. The highest BCUT2D eigenvalue weighted by molar-refractivity contribution is 6.33. The Kier molecular flexibility index (Phi) is 7.09. The predicted octanol–water partition coefficient (Wildman–Crippen LogP) is 5.31. The maximum absolute atomic E-state index is 13.3. The SMILES string of the molecule is Cc1ccc(Cn2nc(C)c(C(=O)NC(C(=O)Nc3ccccc3)c3ccccc3)c2Cl)cc1. The Morgan fingerprint density at radius 2 is 1.53 bits per heavy atom. The molecular weight excluding hydrogens is 448 g/mol. The minimum Gasteiger partial charge on any atom is -0.336 e. The molecule has 0 aliphatic heterocycles. The zero-order chi connectivity index (χ0) is 24.1. The van der Waals surface area contributed by atoms with Crippen LogP contribution in [-0.2, 0) is 11.3 Å². The van der Waals surface area contributed by atoms with Crippen LogP contribution in [0.5, 0.6) is 0 Å². The van der Waals surface area contributed by atoms with Crippen molar-refractivity contribution in [1.29, 1.82) is 0 Å². The van der Waals surface area contributed by atoms with Gasteiger partial charge in [0.25, 0.3) is 11.8 Å². The number of amides is 2. The van der Waals surface area contributed by atoms with Gasteiger partial charge >= 0.3 is 0 Å². The number of carbonyl (C=O) groups is 2. The van der Waals surface area contributed by atoms with E-state index < -0.39 is 11.9 Å². The van der Waals surface area contributed by atoms with Gasteiger partial charge < -0.3 is 10.6 Å². The number of nitrogens with zero attached hydrogens (tertiary/aromatic N) is 2. The molecule has 7 heteroatoms. The summed E-state index contributed by atoms with van der Waals surface area (Å²) in [4.78, 5) is 26.5. The van der Waals surface area contributed by atoms with Gasteiger partial charge in [-0.15, -0.1) is 0 Å². The molecule has 0 spiro atoms. The lowest BCUT2D eigenvalue weighted by atomic mass is 10.1. The van der Waals surface area contributed by atoms with Gasteiger partial charge in [0, 0.05) is 5.69 Å². The van der Waals surface area contributed by atoms with Crippen LogP contribution in [0.4, 0.5) is 5.69 Å². The number of benzene rings is 3. The first-order valence-corrected chi connectivity index (χ1v) is 11.3. The van der Waals surface area contributed by atoms with Crippen LogP contribution in [0.1, 0.15) is 38.8 Å². The molecule has 0 fully saturated rings. The highest BCUT2D eigenvalue weighted by Crippen LogP contribution is 2.23. The Labute approximate surface area is 203 Å². The van der Waals surface area contributed by atoms with Crippen LogP contribution in [0.3, 0.4) is 0 Å². The van der Waals surface area contributed by atoms with E-state index in [2.05, 4.69) is 15.7 Å². The molecule has 0 radical (unpaired) electrons. The summed E-state index contributed by atoms with van der Waals surface area (Å²) in [6.07, 6.45) is 0. The van der Waals surface area contributed by atoms with E-state index in [1.807, 2.05) is 67.6 Å². The molecule has 1 aromatic heterocycles. The number of hydrogen-bond acceptors (Lipinski definition) is 3. The van der Waals surface area contributed by atoms with Gasteiger partial charge in [-0.3, -0.25) is 9.59 Å². The molecule has 6 nitrogen and oxygen atoms in total. The third kappa shape index (κ3) is 5.35. The quantitative estimate of drug-likeness (QED) is 0.382. The Bertz CT molecular complexity index is 1290. The zero-order valence-corrected chi connectivity index (χ0v) is 19.7. The van der Waals surface area contributed by atoms with Crippen molar-refractivity contribution in [2.75, 3.05) is 5.32 Å². The van der Waals surface area contributed by atoms with Crippen molar-refractivity contribution in [3.63, 3.8) is 0 Å². The second-order valence-corrected chi connectivity index (χ2v) is 8.42. The first-order valence-electron chi connectivity index (χ1n) is 10.9. The van der Waals surface area contributed by atoms with Gasteiger partial charge in [0.2, 0.25) is 0 Å². The maximum Gasteiger partial charge on any atom is 0.257 e. The number of para-hydroxylation sites is 1. The normalized spacial score (nSPS) is 11.6. The molecule has 2 amide bonds. The minimum atomic E-state index is -0.912. The number of anilines is 1. The molecule has 1 unspecified atom stereocenters. The standard InChI is InChI=1S/C27H25ClN4O2/c1-18-13-15-20(16-14-18)17-32-25(28)23(19(2)31-32)26(33)30-24(21-9-5-3-6-10-21)27(34)29-22-11-7-4-8-12-22/h3-16,24H,17H2,1-2H3,(H,29,34)(H,30,33). The fourth-order valence-corrected chi connectivity index (χ4v) is 3.99. The maximum atomic E-state index is 13.3. The molecule has 0 saturated heterocycles. The Balaban J connectivity index is 1.58. The topological polar surface area (TPSA) is 76.0 Å². The first-order chi connectivity index (χ1) is 16.4. The monoisotopic (exact) mass is 472 g/mol. The summed E-state index contributed by atoms with van der Waals surface area (Å²) in [7, 11) is 0. The molecule has 0 aliphatic rings. The van der Waals surface area contributed by atoms with E-state index in [1.54, 1.807) is 35.9 Å². The summed E-state index contributed by atoms with van der Waals surface area (Å²) < 4.78 is 1.60. The summed E-state index contributed by atoms with van der Waals surface area (Å²) in [6.45, 7) is 4.19.